The first-order valence-corrected chi connectivity index (χ1v) is 11.4. The molecule has 0 aromatic carbocycles. The average Bonchev–Trinajstić information content (AvgIpc) is 3.33. The highest BCUT2D eigenvalue weighted by atomic mass is 19.1. The molecule has 0 bridgehead atoms. The first-order chi connectivity index (χ1) is 14.0. The van der Waals surface area contributed by atoms with E-state index in [1.165, 1.54) is 25.7 Å². The number of allylic oxidation sites excluding steroid dienone is 1. The zero-order valence-corrected chi connectivity index (χ0v) is 17.1. The smallest absolute Gasteiger partial charge is 0.332 e. The highest BCUT2D eigenvalue weighted by Gasteiger charge is 2.44. The molecule has 2 saturated heterocycles. The van der Waals surface area contributed by atoms with Gasteiger partial charge in [-0.15, -0.1) is 0 Å². The van der Waals surface area contributed by atoms with Crippen molar-refractivity contribution in [3.8, 4) is 6.07 Å². The predicted molar refractivity (Wildman–Crippen MR) is 107 cm³/mol. The minimum Gasteiger partial charge on any atom is -0.479 e. The first kappa shape index (κ1) is 20.8. The lowest BCUT2D eigenvalue weighted by molar-refractivity contribution is -0.149. The lowest BCUT2D eigenvalue weighted by atomic mass is 9.77. The van der Waals surface area contributed by atoms with Gasteiger partial charge < -0.3 is 9.84 Å². The molecule has 29 heavy (non-hydrogen) atoms. The molecule has 0 aromatic heterocycles. The fraction of sp³-hybridized carbons (Fsp3) is 0.826. The largest absolute Gasteiger partial charge is 0.479 e. The Labute approximate surface area is 172 Å². The van der Waals surface area contributed by atoms with Gasteiger partial charge in [-0.3, -0.25) is 4.90 Å². The third kappa shape index (κ3) is 4.67. The number of alkyl halides is 1. The number of likely N-dealkylation sites (tertiary alicyclic amines) is 1. The van der Waals surface area contributed by atoms with Gasteiger partial charge in [0, 0.05) is 24.7 Å². The molecule has 5 unspecified atom stereocenters. The summed E-state index contributed by atoms with van der Waals surface area (Å²) >= 11 is 0. The van der Waals surface area contributed by atoms with E-state index in [-0.39, 0.29) is 12.0 Å². The molecular formula is C23H33FN2O3. The summed E-state index contributed by atoms with van der Waals surface area (Å²) in [6.45, 7) is 1.72. The van der Waals surface area contributed by atoms with E-state index in [2.05, 4.69) is 17.0 Å². The van der Waals surface area contributed by atoms with Crippen LogP contribution < -0.4 is 0 Å². The second-order valence-electron chi connectivity index (χ2n) is 9.48. The zero-order chi connectivity index (χ0) is 20.4. The number of carbonyl (C=O) groups is 1. The summed E-state index contributed by atoms with van der Waals surface area (Å²) in [4.78, 5) is 13.7. The molecule has 2 saturated carbocycles. The van der Waals surface area contributed by atoms with Crippen molar-refractivity contribution in [1.82, 2.24) is 4.90 Å². The first-order valence-electron chi connectivity index (χ1n) is 11.4. The summed E-state index contributed by atoms with van der Waals surface area (Å²) in [5.41, 5.74) is 0.871. The number of fused-ring (bicyclic) bond motifs is 1. The molecule has 0 spiro atoms. The van der Waals surface area contributed by atoms with Crippen molar-refractivity contribution in [2.24, 2.45) is 17.8 Å². The highest BCUT2D eigenvalue weighted by Crippen LogP contribution is 2.42. The Morgan fingerprint density at radius 1 is 1.14 bits per heavy atom. The number of carboxylic acid groups (broad SMARTS) is 1. The molecule has 0 amide bonds. The Morgan fingerprint density at radius 2 is 1.90 bits per heavy atom. The van der Waals surface area contributed by atoms with Gasteiger partial charge in [-0.25, -0.2) is 9.18 Å². The van der Waals surface area contributed by atoms with Gasteiger partial charge in [0.1, 0.15) is 6.17 Å². The van der Waals surface area contributed by atoms with E-state index in [0.29, 0.717) is 37.1 Å². The van der Waals surface area contributed by atoms with Crippen molar-refractivity contribution in [2.45, 2.75) is 88.6 Å². The van der Waals surface area contributed by atoms with Crippen molar-refractivity contribution < 1.29 is 19.0 Å². The Balaban J connectivity index is 1.43. The lowest BCUT2D eigenvalue weighted by Gasteiger charge is -2.33. The van der Waals surface area contributed by atoms with E-state index < -0.39 is 18.2 Å². The second-order valence-corrected chi connectivity index (χ2v) is 9.48. The molecular weight excluding hydrogens is 371 g/mol. The summed E-state index contributed by atoms with van der Waals surface area (Å²) < 4.78 is 19.3. The molecule has 2 heterocycles. The number of nitrogens with zero attached hydrogens (tertiary/aromatic N) is 2. The van der Waals surface area contributed by atoms with Gasteiger partial charge in [0.15, 0.2) is 6.10 Å². The third-order valence-corrected chi connectivity index (χ3v) is 7.69. The van der Waals surface area contributed by atoms with Crippen LogP contribution in [0.4, 0.5) is 4.39 Å². The minimum absolute atomic E-state index is 0.00308. The van der Waals surface area contributed by atoms with Crippen LogP contribution in [-0.2, 0) is 9.53 Å². The number of aliphatic carboxylic acids is 1. The van der Waals surface area contributed by atoms with Crippen LogP contribution in [0.25, 0.3) is 0 Å². The van der Waals surface area contributed by atoms with Crippen LogP contribution in [0, 0.1) is 29.1 Å². The molecule has 2 aliphatic carbocycles. The minimum atomic E-state index is -0.855. The molecule has 160 valence electrons. The molecule has 4 fully saturated rings. The highest BCUT2D eigenvalue weighted by molar-refractivity contribution is 5.72. The summed E-state index contributed by atoms with van der Waals surface area (Å²) in [5.74, 6) is 0.306. The van der Waals surface area contributed by atoms with Gasteiger partial charge in [0.05, 0.1) is 12.2 Å². The van der Waals surface area contributed by atoms with Crippen molar-refractivity contribution in [1.29, 1.82) is 5.26 Å². The normalized spacial score (nSPS) is 41.1. The van der Waals surface area contributed by atoms with Gasteiger partial charge >= 0.3 is 5.97 Å². The van der Waals surface area contributed by atoms with Crippen LogP contribution >= 0.6 is 0 Å². The topological polar surface area (TPSA) is 73.6 Å². The Hall–Kier alpha value is -1.45. The predicted octanol–water partition coefficient (Wildman–Crippen LogP) is 4.09. The van der Waals surface area contributed by atoms with Crippen LogP contribution in [-0.4, -0.2) is 53.5 Å². The number of nitriles is 1. The number of rotatable bonds is 5. The monoisotopic (exact) mass is 404 g/mol. The van der Waals surface area contributed by atoms with Gasteiger partial charge in [-0.2, -0.15) is 5.26 Å². The zero-order valence-electron chi connectivity index (χ0n) is 17.1. The molecule has 1 N–H and O–H groups in total. The van der Waals surface area contributed by atoms with E-state index in [4.69, 9.17) is 4.74 Å². The van der Waals surface area contributed by atoms with Gasteiger partial charge in [0.25, 0.3) is 0 Å². The van der Waals surface area contributed by atoms with Gasteiger partial charge in [0.2, 0.25) is 0 Å². The number of halogens is 1. The molecule has 4 aliphatic rings. The SMILES string of the molecule is N#C/C(=C/C1CN(CC2CCC(C(=O)O)O2)C2CCCCC12)C1CCC(F)CC1. The molecule has 2 aliphatic heterocycles. The van der Waals surface area contributed by atoms with Crippen molar-refractivity contribution in [3.05, 3.63) is 11.6 Å². The Kier molecular flexibility index (Phi) is 6.56. The molecule has 4 rings (SSSR count). The average molecular weight is 405 g/mol. The van der Waals surface area contributed by atoms with E-state index >= 15 is 0 Å². The van der Waals surface area contributed by atoms with Crippen molar-refractivity contribution >= 4 is 5.97 Å². The number of hydrogen-bond donors (Lipinski definition) is 1. The third-order valence-electron chi connectivity index (χ3n) is 7.69. The number of hydrogen-bond acceptors (Lipinski definition) is 4. The van der Waals surface area contributed by atoms with E-state index in [1.54, 1.807) is 0 Å². The van der Waals surface area contributed by atoms with Crippen LogP contribution in [0.2, 0.25) is 0 Å². The van der Waals surface area contributed by atoms with Crippen LogP contribution in [0.1, 0.15) is 64.2 Å². The Bertz CT molecular complexity index is 668. The molecule has 5 nitrogen and oxygen atoms in total. The van der Waals surface area contributed by atoms with Crippen LogP contribution in [0.3, 0.4) is 0 Å². The summed E-state index contributed by atoms with van der Waals surface area (Å²) in [7, 11) is 0. The lowest BCUT2D eigenvalue weighted by Crippen LogP contribution is -2.39. The fourth-order valence-corrected chi connectivity index (χ4v) is 6.16. The van der Waals surface area contributed by atoms with Crippen molar-refractivity contribution in [2.75, 3.05) is 13.1 Å². The maximum Gasteiger partial charge on any atom is 0.332 e. The second kappa shape index (κ2) is 9.14. The standard InChI is InChI=1S/C23H33FN2O3/c24-18-7-5-15(6-8-18)16(12-25)11-17-13-26(21-4-2-1-3-20(17)21)14-19-9-10-22(29-19)23(27)28/h11,15,17-22H,1-10,13-14H2,(H,27,28)/b16-11-. The summed E-state index contributed by atoms with van der Waals surface area (Å²) in [6.07, 6.45) is 9.87. The van der Waals surface area contributed by atoms with Gasteiger partial charge in [-0.1, -0.05) is 18.9 Å². The van der Waals surface area contributed by atoms with Crippen molar-refractivity contribution in [3.63, 3.8) is 0 Å². The fourth-order valence-electron chi connectivity index (χ4n) is 6.16. The molecule has 0 radical (unpaired) electrons. The van der Waals surface area contributed by atoms with E-state index in [9.17, 15) is 19.6 Å². The molecule has 5 atom stereocenters. The van der Waals surface area contributed by atoms with E-state index in [1.807, 2.05) is 0 Å². The Morgan fingerprint density at radius 3 is 2.59 bits per heavy atom. The van der Waals surface area contributed by atoms with Crippen LogP contribution in [0.5, 0.6) is 0 Å². The van der Waals surface area contributed by atoms with E-state index in [0.717, 1.165) is 37.9 Å². The van der Waals surface area contributed by atoms with Crippen LogP contribution in [0.15, 0.2) is 11.6 Å². The van der Waals surface area contributed by atoms with Gasteiger partial charge in [-0.05, 0) is 69.1 Å². The maximum absolute atomic E-state index is 13.5. The quantitative estimate of drug-likeness (QED) is 0.699. The maximum atomic E-state index is 13.5. The number of ether oxygens (including phenoxy) is 1. The molecule has 6 heteroatoms. The molecule has 0 aromatic rings. The summed E-state index contributed by atoms with van der Waals surface area (Å²) in [6, 6.07) is 2.96. The summed E-state index contributed by atoms with van der Waals surface area (Å²) in [5, 5.41) is 19.0. The number of carboxylic acids is 1.